The topological polar surface area (TPSA) is 75.1 Å². The molecule has 0 spiro atoms. The third kappa shape index (κ3) is 3.88. The predicted molar refractivity (Wildman–Crippen MR) is 76.1 cm³/mol. The number of aliphatic hydroxyl groups excluding tert-OH is 1. The maximum atomic E-state index is 12.1. The number of amides is 1. The molecule has 2 aromatic heterocycles. The van der Waals surface area contributed by atoms with Gasteiger partial charge < -0.3 is 10.4 Å². The average Bonchev–Trinajstić information content (AvgIpc) is 2.99. The summed E-state index contributed by atoms with van der Waals surface area (Å²) >= 11 is 1.49. The van der Waals surface area contributed by atoms with Crippen molar-refractivity contribution in [2.75, 3.05) is 6.61 Å². The van der Waals surface area contributed by atoms with Crippen molar-refractivity contribution >= 4 is 17.2 Å². The molecule has 0 atom stereocenters. The van der Waals surface area contributed by atoms with Crippen LogP contribution in [0.1, 0.15) is 27.3 Å². The van der Waals surface area contributed by atoms with Crippen LogP contribution in [0.3, 0.4) is 0 Å². The number of hydrogen-bond acceptors (Lipinski definition) is 5. The van der Waals surface area contributed by atoms with Gasteiger partial charge in [0.2, 0.25) is 0 Å². The van der Waals surface area contributed by atoms with Gasteiger partial charge in [0.05, 0.1) is 24.3 Å². The zero-order chi connectivity index (χ0) is 14.2. The van der Waals surface area contributed by atoms with E-state index in [0.717, 1.165) is 5.01 Å². The first kappa shape index (κ1) is 14.2. The molecule has 0 saturated heterocycles. The third-order valence-corrected chi connectivity index (χ3v) is 3.19. The van der Waals surface area contributed by atoms with Crippen LogP contribution >= 0.6 is 11.3 Å². The fourth-order valence-corrected chi connectivity index (χ4v) is 2.05. The molecule has 0 bridgehead atoms. The lowest BCUT2D eigenvalue weighted by molar-refractivity contribution is 0.0950. The number of thiazole rings is 1. The summed E-state index contributed by atoms with van der Waals surface area (Å²) in [4.78, 5) is 20.2. The lowest BCUT2D eigenvalue weighted by Gasteiger charge is -2.04. The Labute approximate surface area is 120 Å². The van der Waals surface area contributed by atoms with Crippen LogP contribution in [0.2, 0.25) is 0 Å². The van der Waals surface area contributed by atoms with E-state index in [1.54, 1.807) is 24.7 Å². The zero-order valence-electron chi connectivity index (χ0n) is 10.7. The second-order valence-electron chi connectivity index (χ2n) is 3.81. The minimum atomic E-state index is -0.212. The van der Waals surface area contributed by atoms with Crippen molar-refractivity contribution in [3.63, 3.8) is 0 Å². The summed E-state index contributed by atoms with van der Waals surface area (Å²) in [6.45, 7) is 0.390. The van der Waals surface area contributed by atoms with Crippen LogP contribution in [0, 0.1) is 11.8 Å². The first-order valence-corrected chi connectivity index (χ1v) is 6.89. The predicted octanol–water partition coefficient (Wildman–Crippen LogP) is 1.20. The highest BCUT2D eigenvalue weighted by atomic mass is 32.1. The van der Waals surface area contributed by atoms with Crippen LogP contribution in [0.5, 0.6) is 0 Å². The van der Waals surface area contributed by atoms with Gasteiger partial charge in [0, 0.05) is 30.4 Å². The summed E-state index contributed by atoms with van der Waals surface area (Å²) in [5, 5.41) is 14.2. The molecule has 2 N–H and O–H groups in total. The largest absolute Gasteiger partial charge is 0.395 e. The fraction of sp³-hybridized carbons (Fsp3) is 0.214. The number of carbonyl (C=O) groups excluding carboxylic acids is 1. The molecule has 0 aliphatic rings. The minimum absolute atomic E-state index is 0.00115. The first-order valence-electron chi connectivity index (χ1n) is 6.01. The van der Waals surface area contributed by atoms with Gasteiger partial charge in [-0.3, -0.25) is 9.78 Å². The zero-order valence-corrected chi connectivity index (χ0v) is 11.5. The Balaban J connectivity index is 2.07. The normalized spacial score (nSPS) is 9.65. The molecular weight excluding hydrogens is 274 g/mol. The van der Waals surface area contributed by atoms with Crippen LogP contribution < -0.4 is 5.32 Å². The number of aromatic nitrogens is 2. The molecule has 2 heterocycles. The highest BCUT2D eigenvalue weighted by Gasteiger charge is 2.10. The van der Waals surface area contributed by atoms with Gasteiger partial charge in [0.25, 0.3) is 5.91 Å². The van der Waals surface area contributed by atoms with E-state index in [1.165, 1.54) is 11.3 Å². The quantitative estimate of drug-likeness (QED) is 0.829. The summed E-state index contributed by atoms with van der Waals surface area (Å²) in [7, 11) is 0. The maximum absolute atomic E-state index is 12.1. The summed E-state index contributed by atoms with van der Waals surface area (Å²) in [6, 6.07) is 1.63. The molecule has 0 aliphatic carbocycles. The Kier molecular flexibility index (Phi) is 5.24. The van der Waals surface area contributed by atoms with Crippen molar-refractivity contribution < 1.29 is 9.90 Å². The van der Waals surface area contributed by atoms with Crippen molar-refractivity contribution in [1.82, 2.24) is 15.3 Å². The molecule has 6 heteroatoms. The van der Waals surface area contributed by atoms with Gasteiger partial charge >= 0.3 is 0 Å². The van der Waals surface area contributed by atoms with Crippen molar-refractivity contribution in [2.45, 2.75) is 13.0 Å². The van der Waals surface area contributed by atoms with Gasteiger partial charge in [-0.2, -0.15) is 0 Å². The Morgan fingerprint density at radius 1 is 1.45 bits per heavy atom. The van der Waals surface area contributed by atoms with E-state index in [0.29, 0.717) is 24.1 Å². The maximum Gasteiger partial charge on any atom is 0.253 e. The van der Waals surface area contributed by atoms with Crippen LogP contribution in [0.25, 0.3) is 0 Å². The second-order valence-corrected chi connectivity index (χ2v) is 4.78. The molecule has 20 heavy (non-hydrogen) atoms. The number of nitrogens with one attached hydrogen (secondary N) is 1. The molecule has 5 nitrogen and oxygen atoms in total. The lowest BCUT2D eigenvalue weighted by Crippen LogP contribution is -2.23. The minimum Gasteiger partial charge on any atom is -0.395 e. The SMILES string of the molecule is O=C(NCc1nccs1)c1ccncc1C#CCCO. The number of aliphatic hydroxyl groups is 1. The highest BCUT2D eigenvalue weighted by molar-refractivity contribution is 7.09. The van der Waals surface area contributed by atoms with E-state index < -0.39 is 0 Å². The third-order valence-electron chi connectivity index (χ3n) is 2.41. The monoisotopic (exact) mass is 287 g/mol. The molecule has 0 unspecified atom stereocenters. The van der Waals surface area contributed by atoms with E-state index in [9.17, 15) is 4.79 Å². The van der Waals surface area contributed by atoms with Gasteiger partial charge in [-0.25, -0.2) is 4.98 Å². The van der Waals surface area contributed by atoms with Crippen LogP contribution in [0.15, 0.2) is 30.0 Å². The van der Waals surface area contributed by atoms with Gasteiger partial charge in [-0.1, -0.05) is 11.8 Å². The highest BCUT2D eigenvalue weighted by Crippen LogP contribution is 2.07. The second kappa shape index (κ2) is 7.38. The molecular formula is C14H13N3O2S. The van der Waals surface area contributed by atoms with Gasteiger partial charge in [-0.15, -0.1) is 11.3 Å². The molecule has 0 saturated carbocycles. The van der Waals surface area contributed by atoms with E-state index in [2.05, 4.69) is 27.1 Å². The first-order chi connectivity index (χ1) is 9.81. The lowest BCUT2D eigenvalue weighted by atomic mass is 10.1. The smallest absolute Gasteiger partial charge is 0.253 e. The molecule has 2 aromatic rings. The standard InChI is InChI=1S/C14H13N3O2S/c18-7-2-1-3-11-9-15-5-4-12(11)14(19)17-10-13-16-6-8-20-13/h4-6,8-9,18H,2,7,10H2,(H,17,19). The Bertz CT molecular complexity index is 629. The van der Waals surface area contributed by atoms with Crippen molar-refractivity contribution in [3.8, 4) is 11.8 Å². The number of hydrogen-bond donors (Lipinski definition) is 2. The van der Waals surface area contributed by atoms with E-state index in [4.69, 9.17) is 5.11 Å². The van der Waals surface area contributed by atoms with Gasteiger partial charge in [0.15, 0.2) is 0 Å². The summed E-state index contributed by atoms with van der Waals surface area (Å²) in [6.07, 6.45) is 5.16. The number of rotatable bonds is 4. The molecule has 0 radical (unpaired) electrons. The van der Waals surface area contributed by atoms with Crippen molar-refractivity contribution in [1.29, 1.82) is 0 Å². The van der Waals surface area contributed by atoms with Crippen LogP contribution in [0.4, 0.5) is 0 Å². The van der Waals surface area contributed by atoms with Gasteiger partial charge in [0.1, 0.15) is 5.01 Å². The molecule has 2 rings (SSSR count). The van der Waals surface area contributed by atoms with Crippen LogP contribution in [-0.2, 0) is 6.54 Å². The number of carbonyl (C=O) groups is 1. The van der Waals surface area contributed by atoms with E-state index in [-0.39, 0.29) is 12.5 Å². The average molecular weight is 287 g/mol. The van der Waals surface area contributed by atoms with E-state index in [1.807, 2.05) is 5.38 Å². The molecule has 0 aromatic carbocycles. The fourth-order valence-electron chi connectivity index (χ4n) is 1.50. The van der Waals surface area contributed by atoms with Crippen molar-refractivity contribution in [3.05, 3.63) is 46.2 Å². The molecule has 0 aliphatic heterocycles. The molecule has 0 fully saturated rings. The Hall–Kier alpha value is -2.23. The van der Waals surface area contributed by atoms with Crippen molar-refractivity contribution in [2.24, 2.45) is 0 Å². The molecule has 1 amide bonds. The van der Waals surface area contributed by atoms with E-state index >= 15 is 0 Å². The summed E-state index contributed by atoms with van der Waals surface area (Å²) < 4.78 is 0. The Morgan fingerprint density at radius 2 is 2.35 bits per heavy atom. The van der Waals surface area contributed by atoms with Crippen LogP contribution in [-0.4, -0.2) is 27.6 Å². The number of pyridine rings is 1. The molecule has 102 valence electrons. The Morgan fingerprint density at radius 3 is 3.10 bits per heavy atom. The summed E-state index contributed by atoms with van der Waals surface area (Å²) in [5.74, 6) is 5.42. The summed E-state index contributed by atoms with van der Waals surface area (Å²) in [5.41, 5.74) is 1.03. The number of nitrogens with zero attached hydrogens (tertiary/aromatic N) is 2. The van der Waals surface area contributed by atoms with Gasteiger partial charge in [-0.05, 0) is 6.07 Å².